The third-order valence-corrected chi connectivity index (χ3v) is 6.88. The van der Waals surface area contributed by atoms with Crippen molar-refractivity contribution < 1.29 is 17.6 Å². The number of sulfonamides is 1. The summed E-state index contributed by atoms with van der Waals surface area (Å²) in [5, 5.41) is 6.12. The maximum absolute atomic E-state index is 14.1. The average Bonchev–Trinajstić information content (AvgIpc) is 2.98. The van der Waals surface area contributed by atoms with E-state index in [-0.39, 0.29) is 17.6 Å². The first-order valence-electron chi connectivity index (χ1n) is 9.46. The number of carbonyl (C=O) groups is 1. The summed E-state index contributed by atoms with van der Waals surface area (Å²) in [6.45, 7) is 5.04. The molecule has 3 rings (SSSR count). The van der Waals surface area contributed by atoms with E-state index in [1.54, 1.807) is 20.8 Å². The molecule has 1 amide bonds. The van der Waals surface area contributed by atoms with Crippen LogP contribution in [0.25, 0.3) is 0 Å². The van der Waals surface area contributed by atoms with Crippen LogP contribution in [0.5, 0.6) is 0 Å². The van der Waals surface area contributed by atoms with Crippen molar-refractivity contribution in [3.8, 4) is 0 Å². The van der Waals surface area contributed by atoms with E-state index in [0.717, 1.165) is 25.3 Å². The molecule has 1 aliphatic heterocycles. The van der Waals surface area contributed by atoms with Gasteiger partial charge in [-0.1, -0.05) is 12.8 Å². The predicted octanol–water partition coefficient (Wildman–Crippen LogP) is 2.76. The number of carbonyl (C=O) groups excluding carboxylic acids is 1. The van der Waals surface area contributed by atoms with Crippen molar-refractivity contribution in [3.63, 3.8) is 0 Å². The van der Waals surface area contributed by atoms with E-state index in [4.69, 9.17) is 0 Å². The lowest BCUT2D eigenvalue weighted by Crippen LogP contribution is -2.41. The van der Waals surface area contributed by atoms with Crippen LogP contribution in [-0.4, -0.2) is 31.9 Å². The number of halogens is 1. The van der Waals surface area contributed by atoms with E-state index in [1.165, 1.54) is 25.0 Å². The molecule has 27 heavy (non-hydrogen) atoms. The molecule has 2 aliphatic rings. The Morgan fingerprint density at radius 3 is 2.59 bits per heavy atom. The molecule has 0 aromatic heterocycles. The zero-order valence-corrected chi connectivity index (χ0v) is 16.8. The quantitative estimate of drug-likeness (QED) is 0.729. The molecule has 0 bridgehead atoms. The number of rotatable bonds is 4. The molecular formula is C19H28FN3O3S. The van der Waals surface area contributed by atoms with E-state index in [2.05, 4.69) is 15.4 Å². The first-order chi connectivity index (χ1) is 12.5. The van der Waals surface area contributed by atoms with Gasteiger partial charge in [0.1, 0.15) is 10.7 Å². The minimum Gasteiger partial charge on any atom is -0.325 e. The van der Waals surface area contributed by atoms with Crippen molar-refractivity contribution >= 4 is 21.6 Å². The molecule has 6 nitrogen and oxygen atoms in total. The number of nitrogens with one attached hydrogen (secondary N) is 3. The van der Waals surface area contributed by atoms with Crippen molar-refractivity contribution in [2.24, 2.45) is 5.92 Å². The Hall–Kier alpha value is -1.51. The smallest absolute Gasteiger partial charge is 0.244 e. The second kappa shape index (κ2) is 7.48. The van der Waals surface area contributed by atoms with Gasteiger partial charge >= 0.3 is 0 Å². The Balaban J connectivity index is 1.73. The normalized spacial score (nSPS) is 25.9. The molecule has 3 atom stereocenters. The largest absolute Gasteiger partial charge is 0.325 e. The second-order valence-electron chi connectivity index (χ2n) is 8.60. The highest BCUT2D eigenvalue weighted by atomic mass is 32.2. The van der Waals surface area contributed by atoms with Crippen LogP contribution in [0.4, 0.5) is 10.1 Å². The summed E-state index contributed by atoms with van der Waals surface area (Å²) in [6.07, 6.45) is 5.40. The Bertz CT molecular complexity index is 806. The molecule has 1 heterocycles. The molecule has 3 N–H and O–H groups in total. The lowest BCUT2D eigenvalue weighted by Gasteiger charge is -2.24. The highest BCUT2D eigenvalue weighted by molar-refractivity contribution is 7.89. The van der Waals surface area contributed by atoms with E-state index in [0.29, 0.717) is 12.0 Å². The van der Waals surface area contributed by atoms with E-state index in [9.17, 15) is 17.6 Å². The van der Waals surface area contributed by atoms with Gasteiger partial charge in [0.2, 0.25) is 15.9 Å². The molecular weight excluding hydrogens is 369 g/mol. The molecule has 1 aromatic carbocycles. The molecule has 2 fully saturated rings. The fourth-order valence-electron chi connectivity index (χ4n) is 4.00. The van der Waals surface area contributed by atoms with E-state index in [1.807, 2.05) is 0 Å². The topological polar surface area (TPSA) is 87.3 Å². The van der Waals surface area contributed by atoms with E-state index < -0.39 is 26.3 Å². The van der Waals surface area contributed by atoms with Gasteiger partial charge in [-0.25, -0.2) is 17.5 Å². The number of hydrogen-bond donors (Lipinski definition) is 3. The lowest BCUT2D eigenvalue weighted by atomic mass is 9.85. The number of fused-ring (bicyclic) bond motifs is 1. The Morgan fingerprint density at radius 2 is 1.93 bits per heavy atom. The third-order valence-electron chi connectivity index (χ3n) is 5.11. The van der Waals surface area contributed by atoms with Gasteiger partial charge in [-0.2, -0.15) is 0 Å². The minimum atomic E-state index is -4.04. The number of hydrogen-bond acceptors (Lipinski definition) is 4. The molecule has 1 saturated carbocycles. The average molecular weight is 398 g/mol. The predicted molar refractivity (Wildman–Crippen MR) is 102 cm³/mol. The first kappa shape index (κ1) is 20.2. The summed E-state index contributed by atoms with van der Waals surface area (Å²) < 4.78 is 41.5. The van der Waals surface area contributed by atoms with Crippen LogP contribution in [-0.2, 0) is 14.8 Å². The van der Waals surface area contributed by atoms with Crippen molar-refractivity contribution in [3.05, 3.63) is 24.0 Å². The zero-order chi connectivity index (χ0) is 19.8. The maximum atomic E-state index is 14.1. The summed E-state index contributed by atoms with van der Waals surface area (Å²) >= 11 is 0. The summed E-state index contributed by atoms with van der Waals surface area (Å²) in [5.74, 6) is -0.535. The Labute approximate surface area is 160 Å². The zero-order valence-electron chi connectivity index (χ0n) is 16.0. The summed E-state index contributed by atoms with van der Waals surface area (Å²) in [4.78, 5) is 12.1. The van der Waals surface area contributed by atoms with Crippen LogP contribution in [0, 0.1) is 11.7 Å². The van der Waals surface area contributed by atoms with Gasteiger partial charge in [-0.15, -0.1) is 0 Å². The van der Waals surface area contributed by atoms with Gasteiger partial charge in [0.05, 0.1) is 6.04 Å². The molecule has 8 heteroatoms. The minimum absolute atomic E-state index is 0.205. The maximum Gasteiger partial charge on any atom is 0.244 e. The summed E-state index contributed by atoms with van der Waals surface area (Å²) in [6, 6.07) is 3.70. The monoisotopic (exact) mass is 397 g/mol. The molecule has 1 aromatic rings. The van der Waals surface area contributed by atoms with Crippen molar-refractivity contribution in [2.75, 3.05) is 5.32 Å². The lowest BCUT2D eigenvalue weighted by molar-refractivity contribution is -0.117. The van der Waals surface area contributed by atoms with Crippen molar-refractivity contribution in [1.29, 1.82) is 0 Å². The summed E-state index contributed by atoms with van der Waals surface area (Å²) in [7, 11) is -4.04. The highest BCUT2D eigenvalue weighted by Crippen LogP contribution is 2.33. The number of benzene rings is 1. The second-order valence-corrected chi connectivity index (χ2v) is 10.2. The van der Waals surface area contributed by atoms with Crippen molar-refractivity contribution in [1.82, 2.24) is 10.0 Å². The van der Waals surface area contributed by atoms with E-state index >= 15 is 0 Å². The third kappa shape index (κ3) is 4.86. The Morgan fingerprint density at radius 1 is 1.22 bits per heavy atom. The molecule has 0 radical (unpaired) electrons. The number of anilines is 1. The SMILES string of the molecule is CC(C)(C)NS(=O)(=O)c1cc(NC(=O)C2CC3CCCCC3N2)ccc1F. The van der Waals surface area contributed by atoms with Crippen LogP contribution in [0.15, 0.2) is 23.1 Å². The van der Waals surface area contributed by atoms with Crippen molar-refractivity contribution in [2.45, 2.75) is 75.4 Å². The van der Waals surface area contributed by atoms with Gasteiger partial charge in [0.25, 0.3) is 0 Å². The standard InChI is InChI=1S/C19H28FN3O3S/c1-19(2,3)23-27(25,26)17-11-13(8-9-14(17)20)21-18(24)16-10-12-6-4-5-7-15(12)22-16/h8-9,11-12,15-16,22-23H,4-7,10H2,1-3H3,(H,21,24). The van der Waals surface area contributed by atoms with Gasteiger partial charge in [0.15, 0.2) is 0 Å². The van der Waals surface area contributed by atoms with Gasteiger partial charge in [-0.05, 0) is 64.2 Å². The Kier molecular flexibility index (Phi) is 5.61. The van der Waals surface area contributed by atoms with Gasteiger partial charge in [-0.3, -0.25) is 4.79 Å². The molecule has 0 spiro atoms. The molecule has 150 valence electrons. The van der Waals surface area contributed by atoms with Gasteiger partial charge < -0.3 is 10.6 Å². The molecule has 1 aliphatic carbocycles. The summed E-state index contributed by atoms with van der Waals surface area (Å²) in [5.41, 5.74) is -0.471. The van der Waals surface area contributed by atoms with Gasteiger partial charge in [0, 0.05) is 17.3 Å². The van der Waals surface area contributed by atoms with Crippen LogP contribution < -0.4 is 15.4 Å². The number of amides is 1. The van der Waals surface area contributed by atoms with Crippen LogP contribution >= 0.6 is 0 Å². The van der Waals surface area contributed by atoms with Crippen LogP contribution in [0.3, 0.4) is 0 Å². The highest BCUT2D eigenvalue weighted by Gasteiger charge is 2.38. The van der Waals surface area contributed by atoms with Crippen LogP contribution in [0.2, 0.25) is 0 Å². The van der Waals surface area contributed by atoms with Crippen LogP contribution in [0.1, 0.15) is 52.9 Å². The molecule has 3 unspecified atom stereocenters. The molecule has 1 saturated heterocycles. The fraction of sp³-hybridized carbons (Fsp3) is 0.632. The fourth-order valence-corrected chi connectivity index (χ4v) is 5.52. The first-order valence-corrected chi connectivity index (χ1v) is 10.9.